The maximum atomic E-state index is 13.2. The Morgan fingerprint density at radius 3 is 2.47 bits per heavy atom. The summed E-state index contributed by atoms with van der Waals surface area (Å²) in [4.78, 5) is 37.4. The molecule has 10 heteroatoms. The number of benzene rings is 2. The van der Waals surface area contributed by atoms with Crippen molar-refractivity contribution < 1.29 is 24.5 Å². The number of nitrogens with one attached hydrogen (secondary N) is 2. The van der Waals surface area contributed by atoms with Crippen molar-refractivity contribution in [1.29, 1.82) is 0 Å². The van der Waals surface area contributed by atoms with Crippen LogP contribution in [0, 0.1) is 13.8 Å². The van der Waals surface area contributed by atoms with E-state index >= 15 is 0 Å². The SMILES string of the molecule is CCOc1cccc(Cl)c1Cn1cc(C)c(O)c(NC(=O)NC(CC(=O)O)c2ccc(C)cc2)c1=O. The van der Waals surface area contributed by atoms with Crippen molar-refractivity contribution in [3.8, 4) is 11.5 Å². The summed E-state index contributed by atoms with van der Waals surface area (Å²) in [5.74, 6) is -0.975. The van der Waals surface area contributed by atoms with E-state index in [2.05, 4.69) is 10.6 Å². The molecule has 0 bridgehead atoms. The number of carbonyl (C=O) groups is 2. The highest BCUT2D eigenvalue weighted by Crippen LogP contribution is 2.29. The lowest BCUT2D eigenvalue weighted by atomic mass is 10.0. The van der Waals surface area contributed by atoms with Gasteiger partial charge in [-0.2, -0.15) is 0 Å². The maximum absolute atomic E-state index is 13.2. The first-order chi connectivity index (χ1) is 17.1. The molecule has 3 aromatic rings. The van der Waals surface area contributed by atoms with Gasteiger partial charge in [-0.25, -0.2) is 4.79 Å². The predicted octanol–water partition coefficient (Wildman–Crippen LogP) is 4.61. The maximum Gasteiger partial charge on any atom is 0.319 e. The molecule has 190 valence electrons. The highest BCUT2D eigenvalue weighted by atomic mass is 35.5. The molecule has 0 aliphatic heterocycles. The molecular weight excluding hydrogens is 486 g/mol. The Hall–Kier alpha value is -3.98. The molecule has 0 fully saturated rings. The van der Waals surface area contributed by atoms with E-state index in [1.807, 2.05) is 13.8 Å². The average molecular weight is 514 g/mol. The van der Waals surface area contributed by atoms with E-state index in [1.165, 1.54) is 10.8 Å². The average Bonchev–Trinajstić information content (AvgIpc) is 2.82. The largest absolute Gasteiger partial charge is 0.505 e. The summed E-state index contributed by atoms with van der Waals surface area (Å²) in [7, 11) is 0. The molecule has 4 N–H and O–H groups in total. The second-order valence-electron chi connectivity index (χ2n) is 8.28. The van der Waals surface area contributed by atoms with Gasteiger partial charge >= 0.3 is 12.0 Å². The lowest BCUT2D eigenvalue weighted by molar-refractivity contribution is -0.137. The van der Waals surface area contributed by atoms with Gasteiger partial charge in [-0.05, 0) is 38.5 Å². The number of ether oxygens (including phenoxy) is 1. The smallest absolute Gasteiger partial charge is 0.319 e. The van der Waals surface area contributed by atoms with Crippen molar-refractivity contribution in [2.45, 2.75) is 39.8 Å². The Balaban J connectivity index is 1.90. The number of halogens is 1. The number of nitrogens with zero attached hydrogens (tertiary/aromatic N) is 1. The summed E-state index contributed by atoms with van der Waals surface area (Å²) in [5, 5.41) is 25.2. The van der Waals surface area contributed by atoms with Gasteiger partial charge < -0.3 is 30.2 Å². The van der Waals surface area contributed by atoms with E-state index in [-0.39, 0.29) is 24.4 Å². The first kappa shape index (κ1) is 26.6. The molecule has 9 nitrogen and oxygen atoms in total. The molecule has 1 heterocycles. The molecule has 0 saturated carbocycles. The topological polar surface area (TPSA) is 130 Å². The van der Waals surface area contributed by atoms with Crippen LogP contribution < -0.4 is 20.9 Å². The molecule has 2 amide bonds. The monoisotopic (exact) mass is 513 g/mol. The fraction of sp³-hybridized carbons (Fsp3) is 0.269. The van der Waals surface area contributed by atoms with Crippen molar-refractivity contribution in [2.75, 3.05) is 11.9 Å². The van der Waals surface area contributed by atoms with Crippen LogP contribution in [0.2, 0.25) is 5.02 Å². The highest BCUT2D eigenvalue weighted by molar-refractivity contribution is 6.31. The summed E-state index contributed by atoms with van der Waals surface area (Å²) in [6, 6.07) is 10.5. The number of hydrogen-bond acceptors (Lipinski definition) is 5. The number of aromatic nitrogens is 1. The molecule has 1 unspecified atom stereocenters. The van der Waals surface area contributed by atoms with E-state index in [0.29, 0.717) is 34.1 Å². The van der Waals surface area contributed by atoms with Crippen LogP contribution in [0.15, 0.2) is 53.5 Å². The fourth-order valence-corrected chi connectivity index (χ4v) is 3.94. The molecule has 0 spiro atoms. The lowest BCUT2D eigenvalue weighted by Gasteiger charge is -2.19. The number of aryl methyl sites for hydroxylation is 2. The van der Waals surface area contributed by atoms with E-state index in [9.17, 15) is 24.6 Å². The van der Waals surface area contributed by atoms with Crippen LogP contribution in [0.5, 0.6) is 11.5 Å². The van der Waals surface area contributed by atoms with E-state index in [1.54, 1.807) is 49.4 Å². The van der Waals surface area contributed by atoms with E-state index in [0.717, 1.165) is 5.56 Å². The molecule has 0 aliphatic carbocycles. The van der Waals surface area contributed by atoms with Crippen LogP contribution in [-0.4, -0.2) is 33.4 Å². The number of carboxylic acids is 1. The third-order valence-corrected chi connectivity index (χ3v) is 5.90. The molecule has 0 saturated heterocycles. The quantitative estimate of drug-likeness (QED) is 0.330. The summed E-state index contributed by atoms with van der Waals surface area (Å²) in [5.41, 5.74) is 1.48. The molecule has 0 aliphatic rings. The number of amides is 2. The van der Waals surface area contributed by atoms with Crippen molar-refractivity contribution in [1.82, 2.24) is 9.88 Å². The fourth-order valence-electron chi connectivity index (χ4n) is 3.71. The second-order valence-corrected chi connectivity index (χ2v) is 8.69. The van der Waals surface area contributed by atoms with Crippen LogP contribution in [0.1, 0.15) is 41.6 Å². The minimum atomic E-state index is -1.11. The van der Waals surface area contributed by atoms with Crippen LogP contribution in [-0.2, 0) is 11.3 Å². The first-order valence-corrected chi connectivity index (χ1v) is 11.7. The van der Waals surface area contributed by atoms with Crippen molar-refractivity contribution >= 4 is 29.3 Å². The first-order valence-electron chi connectivity index (χ1n) is 11.3. The number of aliphatic carboxylic acids is 1. The summed E-state index contributed by atoms with van der Waals surface area (Å²) >= 11 is 6.36. The van der Waals surface area contributed by atoms with Crippen LogP contribution in [0.4, 0.5) is 10.5 Å². The number of pyridine rings is 1. The number of hydrogen-bond donors (Lipinski definition) is 4. The van der Waals surface area contributed by atoms with Gasteiger partial charge in [-0.3, -0.25) is 9.59 Å². The Morgan fingerprint density at radius 2 is 1.83 bits per heavy atom. The number of urea groups is 1. The molecule has 1 aromatic heterocycles. The van der Waals surface area contributed by atoms with Gasteiger partial charge in [0.1, 0.15) is 11.5 Å². The van der Waals surface area contributed by atoms with Crippen LogP contribution >= 0.6 is 11.6 Å². The van der Waals surface area contributed by atoms with Crippen molar-refractivity contribution in [3.63, 3.8) is 0 Å². The minimum absolute atomic E-state index is 0.0380. The molecule has 3 rings (SSSR count). The summed E-state index contributed by atoms with van der Waals surface area (Å²) in [6.45, 7) is 5.75. The summed E-state index contributed by atoms with van der Waals surface area (Å²) in [6.07, 6.45) is 1.09. The van der Waals surface area contributed by atoms with Gasteiger partial charge in [0.2, 0.25) is 0 Å². The normalized spacial score (nSPS) is 11.6. The van der Waals surface area contributed by atoms with Gasteiger partial charge in [0, 0.05) is 22.3 Å². The number of rotatable bonds is 9. The zero-order chi connectivity index (χ0) is 26.4. The molecular formula is C26H28ClN3O6. The minimum Gasteiger partial charge on any atom is -0.505 e. The zero-order valence-electron chi connectivity index (χ0n) is 20.2. The van der Waals surface area contributed by atoms with Crippen molar-refractivity contribution in [3.05, 3.63) is 86.3 Å². The standard InChI is InChI=1S/C26H28ClN3O6/c1-4-36-21-7-5-6-19(27)18(21)14-30-13-16(3)24(33)23(25(30)34)29-26(35)28-20(12-22(31)32)17-10-8-15(2)9-11-17/h5-11,13,20,33H,4,12,14H2,1-3H3,(H,31,32)(H2,28,29,35). The van der Waals surface area contributed by atoms with Gasteiger partial charge in [0.25, 0.3) is 5.56 Å². The highest BCUT2D eigenvalue weighted by Gasteiger charge is 2.22. The number of anilines is 1. The predicted molar refractivity (Wildman–Crippen MR) is 137 cm³/mol. The molecule has 1 atom stereocenters. The Bertz CT molecular complexity index is 1320. The molecule has 2 aromatic carbocycles. The van der Waals surface area contributed by atoms with E-state index < -0.39 is 23.6 Å². The van der Waals surface area contributed by atoms with Gasteiger partial charge in [0.05, 0.1) is 25.6 Å². The Morgan fingerprint density at radius 1 is 1.14 bits per heavy atom. The third-order valence-electron chi connectivity index (χ3n) is 5.54. The Kier molecular flexibility index (Phi) is 8.60. The summed E-state index contributed by atoms with van der Waals surface area (Å²) < 4.78 is 6.94. The zero-order valence-corrected chi connectivity index (χ0v) is 20.9. The number of carboxylic acid groups (broad SMARTS) is 1. The Labute approximate surface area is 213 Å². The number of carbonyl (C=O) groups excluding carboxylic acids is 1. The van der Waals surface area contributed by atoms with Gasteiger partial charge in [-0.15, -0.1) is 0 Å². The van der Waals surface area contributed by atoms with Crippen LogP contribution in [0.25, 0.3) is 0 Å². The van der Waals surface area contributed by atoms with Gasteiger partial charge in [-0.1, -0.05) is 47.5 Å². The van der Waals surface area contributed by atoms with Crippen molar-refractivity contribution in [2.24, 2.45) is 0 Å². The molecule has 36 heavy (non-hydrogen) atoms. The van der Waals surface area contributed by atoms with Gasteiger partial charge in [0.15, 0.2) is 5.69 Å². The number of aromatic hydroxyl groups is 1. The lowest BCUT2D eigenvalue weighted by Crippen LogP contribution is -2.36. The van der Waals surface area contributed by atoms with E-state index in [4.69, 9.17) is 16.3 Å². The molecule has 0 radical (unpaired) electrons. The third kappa shape index (κ3) is 6.37. The van der Waals surface area contributed by atoms with Crippen LogP contribution in [0.3, 0.4) is 0 Å². The second kappa shape index (κ2) is 11.6.